The molecule has 0 aliphatic carbocycles. The Morgan fingerprint density at radius 2 is 2.00 bits per heavy atom. The molecule has 0 bridgehead atoms. The zero-order chi connectivity index (χ0) is 11.8. The summed E-state index contributed by atoms with van der Waals surface area (Å²) in [5.41, 5.74) is 2.17. The minimum Gasteiger partial charge on any atom is -0.244 e. The zero-order valence-electron chi connectivity index (χ0n) is 9.08. The molecule has 0 unspecified atom stereocenters. The Morgan fingerprint density at radius 3 is 2.76 bits per heavy atom. The highest BCUT2D eigenvalue weighted by Crippen LogP contribution is 2.15. The highest BCUT2D eigenvalue weighted by Gasteiger charge is 2.11. The van der Waals surface area contributed by atoms with Gasteiger partial charge in [0.1, 0.15) is 5.52 Å². The molecule has 6 heteroatoms. The van der Waals surface area contributed by atoms with E-state index in [2.05, 4.69) is 20.3 Å². The molecule has 3 aromatic rings. The van der Waals surface area contributed by atoms with Crippen molar-refractivity contribution in [2.24, 2.45) is 0 Å². The van der Waals surface area contributed by atoms with Crippen LogP contribution in [0.5, 0.6) is 0 Å². The highest BCUT2D eigenvalue weighted by atomic mass is 16.1. The summed E-state index contributed by atoms with van der Waals surface area (Å²) < 4.78 is 1.66. The van der Waals surface area contributed by atoms with Crippen molar-refractivity contribution in [3.63, 3.8) is 0 Å². The van der Waals surface area contributed by atoms with Gasteiger partial charge < -0.3 is 0 Å². The topological polar surface area (TPSA) is 76.5 Å². The second-order valence-electron chi connectivity index (χ2n) is 3.65. The van der Waals surface area contributed by atoms with E-state index in [4.69, 9.17) is 0 Å². The summed E-state index contributed by atoms with van der Waals surface area (Å²) in [5.74, 6) is 0. The largest absolute Gasteiger partial charge is 0.362 e. The second kappa shape index (κ2) is 3.51. The lowest BCUT2D eigenvalue weighted by atomic mass is 10.3. The minimum atomic E-state index is -0.465. The van der Waals surface area contributed by atoms with Gasteiger partial charge in [0, 0.05) is 0 Å². The van der Waals surface area contributed by atoms with E-state index in [-0.39, 0.29) is 0 Å². The number of fused-ring (bicyclic) bond motifs is 1. The first-order valence-electron chi connectivity index (χ1n) is 5.13. The van der Waals surface area contributed by atoms with Gasteiger partial charge >= 0.3 is 5.69 Å². The predicted molar refractivity (Wildman–Crippen MR) is 62.0 cm³/mol. The number of aromatic amines is 1. The van der Waals surface area contributed by atoms with Gasteiger partial charge in [0.15, 0.2) is 0 Å². The zero-order valence-corrected chi connectivity index (χ0v) is 9.08. The molecule has 3 rings (SSSR count). The smallest absolute Gasteiger partial charge is 0.244 e. The van der Waals surface area contributed by atoms with Gasteiger partial charge in [0.05, 0.1) is 11.4 Å². The Hall–Kier alpha value is -2.50. The first kappa shape index (κ1) is 9.71. The first-order valence-corrected chi connectivity index (χ1v) is 5.13. The van der Waals surface area contributed by atoms with Crippen molar-refractivity contribution in [3.8, 4) is 5.69 Å². The number of nitrogens with zero attached hydrogens (tertiary/aromatic N) is 4. The molecule has 17 heavy (non-hydrogen) atoms. The summed E-state index contributed by atoms with van der Waals surface area (Å²) in [6, 6.07) is 9.58. The number of hydrogen-bond donors (Lipinski definition) is 1. The first-order chi connectivity index (χ1) is 8.25. The van der Waals surface area contributed by atoms with Gasteiger partial charge in [-0.05, 0) is 19.1 Å². The molecule has 0 amide bonds. The number of aryl methyl sites for hydroxylation is 1. The van der Waals surface area contributed by atoms with Crippen molar-refractivity contribution < 1.29 is 0 Å². The molecule has 6 nitrogen and oxygen atoms in total. The van der Waals surface area contributed by atoms with Gasteiger partial charge in [0.25, 0.3) is 0 Å². The van der Waals surface area contributed by atoms with Crippen LogP contribution in [0.1, 0.15) is 5.69 Å². The second-order valence-corrected chi connectivity index (χ2v) is 3.65. The maximum Gasteiger partial charge on any atom is 0.362 e. The van der Waals surface area contributed by atoms with Crippen molar-refractivity contribution in [1.29, 1.82) is 0 Å². The fourth-order valence-corrected chi connectivity index (χ4v) is 1.71. The minimum absolute atomic E-state index is 0.465. The lowest BCUT2D eigenvalue weighted by Gasteiger charge is -2.00. The van der Waals surface area contributed by atoms with E-state index in [1.807, 2.05) is 30.3 Å². The molecule has 0 saturated heterocycles. The Kier molecular flexibility index (Phi) is 2.01. The van der Waals surface area contributed by atoms with Crippen LogP contribution in [0.4, 0.5) is 0 Å². The summed E-state index contributed by atoms with van der Waals surface area (Å²) in [6.07, 6.45) is 0. The summed E-state index contributed by atoms with van der Waals surface area (Å²) in [4.78, 5) is 15.0. The Labute approximate surface area is 95.9 Å². The summed E-state index contributed by atoms with van der Waals surface area (Å²) in [6.45, 7) is 1.80. The van der Waals surface area contributed by atoms with E-state index in [9.17, 15) is 4.79 Å². The van der Waals surface area contributed by atoms with Crippen molar-refractivity contribution in [2.75, 3.05) is 0 Å². The number of rotatable bonds is 1. The average molecular weight is 227 g/mol. The lowest BCUT2D eigenvalue weighted by Crippen LogP contribution is -2.12. The summed E-state index contributed by atoms with van der Waals surface area (Å²) >= 11 is 0. The van der Waals surface area contributed by atoms with Gasteiger partial charge in [0.2, 0.25) is 5.65 Å². The van der Waals surface area contributed by atoms with E-state index in [1.54, 1.807) is 11.6 Å². The molecule has 1 N–H and O–H groups in total. The monoisotopic (exact) mass is 227 g/mol. The van der Waals surface area contributed by atoms with Gasteiger partial charge in [-0.1, -0.05) is 18.2 Å². The van der Waals surface area contributed by atoms with Crippen LogP contribution in [0.25, 0.3) is 16.9 Å². The third-order valence-corrected chi connectivity index (χ3v) is 2.48. The van der Waals surface area contributed by atoms with Crippen LogP contribution in [0.3, 0.4) is 0 Å². The van der Waals surface area contributed by atoms with Gasteiger partial charge in [-0.3, -0.25) is 0 Å². The quantitative estimate of drug-likeness (QED) is 0.667. The Balaban J connectivity index is 2.36. The number of H-pyrrole nitrogens is 1. The van der Waals surface area contributed by atoms with Crippen LogP contribution in [0.15, 0.2) is 35.1 Å². The third-order valence-electron chi connectivity index (χ3n) is 2.48. The fourth-order valence-electron chi connectivity index (χ4n) is 1.71. The number of para-hydroxylation sites is 1. The summed E-state index contributed by atoms with van der Waals surface area (Å²) in [5, 5.41) is 10.6. The molecule has 2 heterocycles. The van der Waals surface area contributed by atoms with Gasteiger partial charge in [-0.2, -0.15) is 10.1 Å². The standard InChI is InChI=1S/C11H9N5O/c1-7-9-10(13-14-11(17)12-9)16(15-7)8-5-3-2-4-6-8/h2-6H,1H3,(H,12,14,17). The SMILES string of the molecule is Cc1nn(-c2ccccc2)c2n[nH]c(=O)nc12. The summed E-state index contributed by atoms with van der Waals surface area (Å²) in [7, 11) is 0. The maximum absolute atomic E-state index is 11.1. The number of hydrogen-bond acceptors (Lipinski definition) is 4. The van der Waals surface area contributed by atoms with Gasteiger partial charge in [-0.25, -0.2) is 14.6 Å². The van der Waals surface area contributed by atoms with Crippen molar-refractivity contribution in [3.05, 3.63) is 46.5 Å². The van der Waals surface area contributed by atoms with E-state index in [1.165, 1.54) is 0 Å². The molecular formula is C11H9N5O. The van der Waals surface area contributed by atoms with Crippen LogP contribution in [-0.2, 0) is 0 Å². The van der Waals surface area contributed by atoms with Gasteiger partial charge in [-0.15, -0.1) is 5.10 Å². The molecule has 84 valence electrons. The van der Waals surface area contributed by atoms with Crippen LogP contribution >= 0.6 is 0 Å². The molecule has 0 atom stereocenters. The molecule has 0 aliphatic rings. The lowest BCUT2D eigenvalue weighted by molar-refractivity contribution is 0.855. The van der Waals surface area contributed by atoms with Crippen LogP contribution in [0, 0.1) is 6.92 Å². The van der Waals surface area contributed by atoms with Crippen LogP contribution in [0.2, 0.25) is 0 Å². The van der Waals surface area contributed by atoms with Crippen molar-refractivity contribution in [1.82, 2.24) is 25.0 Å². The molecule has 0 fully saturated rings. The van der Waals surface area contributed by atoms with E-state index >= 15 is 0 Å². The molecule has 0 radical (unpaired) electrons. The molecule has 0 spiro atoms. The maximum atomic E-state index is 11.1. The van der Waals surface area contributed by atoms with Crippen molar-refractivity contribution >= 4 is 11.2 Å². The average Bonchev–Trinajstić information content (AvgIpc) is 2.68. The van der Waals surface area contributed by atoms with E-state index in [0.717, 1.165) is 5.69 Å². The predicted octanol–water partition coefficient (Wildman–Crippen LogP) is 0.812. The third kappa shape index (κ3) is 1.50. The molecule has 0 saturated carbocycles. The fraction of sp³-hybridized carbons (Fsp3) is 0.0909. The van der Waals surface area contributed by atoms with Crippen LogP contribution in [-0.4, -0.2) is 25.0 Å². The van der Waals surface area contributed by atoms with E-state index < -0.39 is 5.69 Å². The van der Waals surface area contributed by atoms with Crippen LogP contribution < -0.4 is 5.69 Å². The molecule has 2 aromatic heterocycles. The normalized spacial score (nSPS) is 10.9. The molecule has 0 aliphatic heterocycles. The van der Waals surface area contributed by atoms with Crippen molar-refractivity contribution in [2.45, 2.75) is 6.92 Å². The Bertz CT molecular complexity index is 728. The van der Waals surface area contributed by atoms with E-state index in [0.29, 0.717) is 16.9 Å². The number of nitrogens with one attached hydrogen (secondary N) is 1. The Morgan fingerprint density at radius 1 is 1.24 bits per heavy atom. The highest BCUT2D eigenvalue weighted by molar-refractivity contribution is 5.74. The number of aromatic nitrogens is 5. The molecule has 1 aromatic carbocycles. The number of benzene rings is 1. The molecular weight excluding hydrogens is 218 g/mol.